The molecule has 0 spiro atoms. The molecule has 1 aliphatic heterocycles. The first-order chi connectivity index (χ1) is 12.9. The third-order valence-corrected chi connectivity index (χ3v) is 5.31. The maximum Gasteiger partial charge on any atom is 0.106 e. The van der Waals surface area contributed by atoms with E-state index in [2.05, 4.69) is 99.3 Å². The number of rotatable bonds is 2. The molecule has 0 bridgehead atoms. The zero-order valence-electron chi connectivity index (χ0n) is 16.5. The topological polar surface area (TPSA) is 15.6 Å². The first-order valence-electron chi connectivity index (χ1n) is 9.52. The van der Waals surface area contributed by atoms with Gasteiger partial charge in [-0.1, -0.05) is 66.7 Å². The van der Waals surface area contributed by atoms with E-state index >= 15 is 0 Å². The number of anilines is 1. The monoisotopic (exact) mass is 354 g/mol. The van der Waals surface area contributed by atoms with Crippen LogP contribution in [0.4, 0.5) is 11.4 Å². The molecule has 0 saturated heterocycles. The number of benzene rings is 3. The Balaban J connectivity index is 2.04. The fourth-order valence-corrected chi connectivity index (χ4v) is 4.34. The highest BCUT2D eigenvalue weighted by Gasteiger charge is 2.50. The zero-order chi connectivity index (χ0) is 19.1. The minimum atomic E-state index is -0.348. The Morgan fingerprint density at radius 3 is 1.93 bits per heavy atom. The van der Waals surface area contributed by atoms with Gasteiger partial charge >= 0.3 is 0 Å². The highest BCUT2D eigenvalue weighted by atomic mass is 15.3. The van der Waals surface area contributed by atoms with Crippen molar-refractivity contribution in [3.8, 4) is 0 Å². The van der Waals surface area contributed by atoms with E-state index in [1.165, 1.54) is 16.8 Å². The fourth-order valence-electron chi connectivity index (χ4n) is 4.34. The fraction of sp³-hybridized carbons (Fsp3) is 0.240. The molecule has 0 aliphatic carbocycles. The van der Waals surface area contributed by atoms with Crippen LogP contribution >= 0.6 is 0 Å². The van der Waals surface area contributed by atoms with Crippen LogP contribution in [0.3, 0.4) is 0 Å². The normalized spacial score (nSPS) is 20.7. The van der Waals surface area contributed by atoms with Crippen LogP contribution in [0.25, 0.3) is 0 Å². The second-order valence-corrected chi connectivity index (χ2v) is 8.26. The molecule has 27 heavy (non-hydrogen) atoms. The summed E-state index contributed by atoms with van der Waals surface area (Å²) in [5.41, 5.74) is 5.39. The molecule has 3 aromatic rings. The smallest absolute Gasteiger partial charge is 0.106 e. The maximum absolute atomic E-state index is 5.17. The Morgan fingerprint density at radius 1 is 0.741 bits per heavy atom. The van der Waals surface area contributed by atoms with Crippen molar-refractivity contribution in [3.05, 3.63) is 96.1 Å². The van der Waals surface area contributed by atoms with E-state index in [-0.39, 0.29) is 11.1 Å². The number of hydrogen-bond acceptors (Lipinski definition) is 2. The van der Waals surface area contributed by atoms with Gasteiger partial charge in [-0.05, 0) is 51.5 Å². The van der Waals surface area contributed by atoms with Gasteiger partial charge in [-0.2, -0.15) is 0 Å². The van der Waals surface area contributed by atoms with Crippen molar-refractivity contribution in [2.75, 3.05) is 4.90 Å². The minimum Gasteiger partial charge on any atom is -0.351 e. The molecule has 2 nitrogen and oxygen atoms in total. The van der Waals surface area contributed by atoms with Crippen LogP contribution < -0.4 is 4.90 Å². The lowest BCUT2D eigenvalue weighted by Gasteiger charge is -2.46. The number of aliphatic imine (C=N–C) groups is 1. The van der Waals surface area contributed by atoms with Crippen molar-refractivity contribution in [2.45, 2.75) is 38.8 Å². The first-order valence-corrected chi connectivity index (χ1v) is 9.52. The van der Waals surface area contributed by atoms with Crippen molar-refractivity contribution < 1.29 is 0 Å². The van der Waals surface area contributed by atoms with Gasteiger partial charge in [-0.3, -0.25) is 0 Å². The second kappa shape index (κ2) is 6.38. The summed E-state index contributed by atoms with van der Waals surface area (Å²) in [5, 5.41) is 0. The lowest BCUT2D eigenvalue weighted by Crippen LogP contribution is -2.54. The molecule has 0 aromatic heterocycles. The first kappa shape index (κ1) is 17.5. The summed E-state index contributed by atoms with van der Waals surface area (Å²) in [4.78, 5) is 7.69. The molecule has 4 rings (SSSR count). The summed E-state index contributed by atoms with van der Waals surface area (Å²) in [6, 6.07) is 29.6. The van der Waals surface area contributed by atoms with Gasteiger partial charge in [0.2, 0.25) is 0 Å². The molecular weight excluding hydrogens is 328 g/mol. The van der Waals surface area contributed by atoms with Gasteiger partial charge in [0, 0.05) is 16.8 Å². The van der Waals surface area contributed by atoms with Gasteiger partial charge < -0.3 is 4.90 Å². The van der Waals surface area contributed by atoms with Gasteiger partial charge in [0.15, 0.2) is 0 Å². The van der Waals surface area contributed by atoms with E-state index in [1.54, 1.807) is 0 Å². The Bertz CT molecular complexity index is 968. The molecule has 1 unspecified atom stereocenters. The molecule has 1 heterocycles. The van der Waals surface area contributed by atoms with E-state index in [4.69, 9.17) is 4.99 Å². The lowest BCUT2D eigenvalue weighted by atomic mass is 9.83. The Morgan fingerprint density at radius 2 is 1.30 bits per heavy atom. The summed E-state index contributed by atoms with van der Waals surface area (Å²) >= 11 is 0. The van der Waals surface area contributed by atoms with Gasteiger partial charge in [-0.15, -0.1) is 0 Å². The predicted octanol–water partition coefficient (Wildman–Crippen LogP) is 6.34. The van der Waals surface area contributed by atoms with Crippen LogP contribution in [0, 0.1) is 0 Å². The summed E-state index contributed by atoms with van der Waals surface area (Å²) < 4.78 is 0. The predicted molar refractivity (Wildman–Crippen MR) is 115 cm³/mol. The van der Waals surface area contributed by atoms with Crippen LogP contribution in [0.1, 0.15) is 38.8 Å². The van der Waals surface area contributed by atoms with Crippen molar-refractivity contribution in [3.63, 3.8) is 0 Å². The Hall–Kier alpha value is -2.87. The number of fused-ring (bicyclic) bond motifs is 1. The van der Waals surface area contributed by atoms with Crippen LogP contribution in [0.5, 0.6) is 0 Å². The minimum absolute atomic E-state index is 0.0609. The van der Waals surface area contributed by atoms with E-state index in [9.17, 15) is 0 Å². The second-order valence-electron chi connectivity index (χ2n) is 8.26. The van der Waals surface area contributed by atoms with E-state index in [0.29, 0.717) is 0 Å². The molecule has 0 saturated carbocycles. The van der Waals surface area contributed by atoms with Crippen molar-refractivity contribution in [1.29, 1.82) is 0 Å². The van der Waals surface area contributed by atoms with Crippen molar-refractivity contribution in [2.24, 2.45) is 4.99 Å². The highest BCUT2D eigenvalue weighted by molar-refractivity contribution is 6.18. The average molecular weight is 354 g/mol. The molecule has 0 radical (unpaired) electrons. The van der Waals surface area contributed by atoms with Gasteiger partial charge in [0.25, 0.3) is 0 Å². The Kier molecular flexibility index (Phi) is 4.15. The van der Waals surface area contributed by atoms with Crippen LogP contribution in [0.2, 0.25) is 0 Å². The number of para-hydroxylation sites is 2. The largest absolute Gasteiger partial charge is 0.351 e. The zero-order valence-corrected chi connectivity index (χ0v) is 16.5. The van der Waals surface area contributed by atoms with Gasteiger partial charge in [-0.25, -0.2) is 4.99 Å². The molecule has 1 atom stereocenters. The Labute approximate surface area is 162 Å². The van der Waals surface area contributed by atoms with Gasteiger partial charge in [0.05, 0.1) is 11.4 Å². The highest BCUT2D eigenvalue weighted by Crippen LogP contribution is 2.49. The standard InChI is InChI=1S/C25H26N2/c1-24(2,3)27-22-18-12-11-17-21(22)23(26-20-15-9-6-10-16-20)25(27,4)19-13-7-5-8-14-19/h5-18H,1-4H3/b26-23-. The number of hydrogen-bond donors (Lipinski definition) is 0. The van der Waals surface area contributed by atoms with Crippen molar-refractivity contribution in [1.82, 2.24) is 0 Å². The summed E-state index contributed by atoms with van der Waals surface area (Å²) in [6.07, 6.45) is 0. The third kappa shape index (κ3) is 2.86. The molecule has 0 N–H and O–H groups in total. The lowest BCUT2D eigenvalue weighted by molar-refractivity contribution is 0.424. The van der Waals surface area contributed by atoms with Gasteiger partial charge in [0.1, 0.15) is 5.54 Å². The molecule has 3 aromatic carbocycles. The van der Waals surface area contributed by atoms with Crippen LogP contribution in [0.15, 0.2) is 89.9 Å². The van der Waals surface area contributed by atoms with E-state index < -0.39 is 0 Å². The van der Waals surface area contributed by atoms with E-state index in [1.807, 2.05) is 18.2 Å². The quantitative estimate of drug-likeness (QED) is 0.524. The summed E-state index contributed by atoms with van der Waals surface area (Å²) in [5.74, 6) is 0. The maximum atomic E-state index is 5.17. The summed E-state index contributed by atoms with van der Waals surface area (Å²) in [6.45, 7) is 9.12. The third-order valence-electron chi connectivity index (χ3n) is 5.31. The van der Waals surface area contributed by atoms with E-state index in [0.717, 1.165) is 11.4 Å². The van der Waals surface area contributed by atoms with Crippen LogP contribution in [-0.4, -0.2) is 11.3 Å². The van der Waals surface area contributed by atoms with Crippen molar-refractivity contribution >= 4 is 17.1 Å². The SMILES string of the molecule is CC(C)(C)N1c2ccccc2/C(=N/c2ccccc2)C1(C)c1ccccc1. The molecule has 1 aliphatic rings. The molecule has 136 valence electrons. The number of nitrogens with zero attached hydrogens (tertiary/aromatic N) is 2. The molecule has 0 amide bonds. The molecular formula is C25H26N2. The molecule has 0 fully saturated rings. The molecule has 2 heteroatoms. The summed E-state index contributed by atoms with van der Waals surface area (Å²) in [7, 11) is 0. The average Bonchev–Trinajstić information content (AvgIpc) is 2.93. The van der Waals surface area contributed by atoms with Crippen LogP contribution in [-0.2, 0) is 5.54 Å².